The third-order valence-electron chi connectivity index (χ3n) is 5.20. The van der Waals surface area contributed by atoms with Crippen molar-refractivity contribution in [3.05, 3.63) is 35.4 Å². The van der Waals surface area contributed by atoms with Gasteiger partial charge in [-0.15, -0.1) is 0 Å². The van der Waals surface area contributed by atoms with Crippen LogP contribution < -0.4 is 5.32 Å². The molecule has 84 valence electrons. The topological polar surface area (TPSA) is 12.0 Å². The highest BCUT2D eigenvalue weighted by Gasteiger charge is 2.53. The summed E-state index contributed by atoms with van der Waals surface area (Å²) >= 11 is 0. The SMILES string of the molecule is c1ccc2c(c1)C[C@H]1CN[C@]23CCCC[C@@H]13. The van der Waals surface area contributed by atoms with Gasteiger partial charge in [-0.2, -0.15) is 0 Å². The molecule has 16 heavy (non-hydrogen) atoms. The van der Waals surface area contributed by atoms with E-state index in [1.54, 1.807) is 11.1 Å². The van der Waals surface area contributed by atoms with E-state index in [-0.39, 0.29) is 0 Å². The van der Waals surface area contributed by atoms with Crippen molar-refractivity contribution in [3.63, 3.8) is 0 Å². The summed E-state index contributed by atoms with van der Waals surface area (Å²) in [6.07, 6.45) is 6.99. The molecule has 1 heterocycles. The average molecular weight is 213 g/mol. The molecule has 3 aliphatic rings. The zero-order valence-corrected chi connectivity index (χ0v) is 9.71. The van der Waals surface area contributed by atoms with E-state index in [0.29, 0.717) is 5.54 Å². The summed E-state index contributed by atoms with van der Waals surface area (Å²) in [5.41, 5.74) is 3.63. The van der Waals surface area contributed by atoms with E-state index < -0.39 is 0 Å². The zero-order chi connectivity index (χ0) is 10.6. The Morgan fingerprint density at radius 1 is 1.19 bits per heavy atom. The highest BCUT2D eigenvalue weighted by Crippen LogP contribution is 2.53. The molecule has 1 aromatic rings. The Bertz CT molecular complexity index is 425. The van der Waals surface area contributed by atoms with Gasteiger partial charge in [0, 0.05) is 5.54 Å². The molecule has 1 heteroatoms. The third kappa shape index (κ3) is 1.00. The summed E-state index contributed by atoms with van der Waals surface area (Å²) < 4.78 is 0. The number of hydrogen-bond donors (Lipinski definition) is 1. The number of benzene rings is 1. The van der Waals surface area contributed by atoms with E-state index in [1.807, 2.05) is 0 Å². The molecule has 1 N–H and O–H groups in total. The smallest absolute Gasteiger partial charge is 0.0469 e. The Labute approximate surface area is 97.2 Å². The quantitative estimate of drug-likeness (QED) is 0.699. The standard InChI is InChI=1S/C15H19N/c1-2-6-13-11(5-1)9-12-10-16-15(13)8-4-3-7-14(12)15/h1-2,5-6,12,14,16H,3-4,7-10H2/t12-,14-,15+/m0/s1. The molecule has 2 fully saturated rings. The van der Waals surface area contributed by atoms with Crippen LogP contribution in [-0.2, 0) is 12.0 Å². The lowest BCUT2D eigenvalue weighted by molar-refractivity contribution is 0.154. The van der Waals surface area contributed by atoms with Crippen LogP contribution in [0.4, 0.5) is 0 Å². The molecule has 3 atom stereocenters. The van der Waals surface area contributed by atoms with Crippen LogP contribution >= 0.6 is 0 Å². The normalized spacial score (nSPS) is 40.2. The summed E-state index contributed by atoms with van der Waals surface area (Å²) in [4.78, 5) is 0. The largest absolute Gasteiger partial charge is 0.307 e. The molecule has 4 rings (SSSR count). The molecule has 0 aromatic heterocycles. The highest BCUT2D eigenvalue weighted by molar-refractivity contribution is 5.40. The lowest BCUT2D eigenvalue weighted by Crippen LogP contribution is -2.46. The van der Waals surface area contributed by atoms with Crippen LogP contribution in [-0.4, -0.2) is 6.54 Å². The van der Waals surface area contributed by atoms with Crippen molar-refractivity contribution in [2.75, 3.05) is 6.54 Å². The molecule has 1 aliphatic heterocycles. The van der Waals surface area contributed by atoms with Crippen molar-refractivity contribution in [1.29, 1.82) is 0 Å². The molecular formula is C15H19N. The Morgan fingerprint density at radius 3 is 3.12 bits per heavy atom. The lowest BCUT2D eigenvalue weighted by atomic mass is 9.61. The van der Waals surface area contributed by atoms with Gasteiger partial charge in [0.1, 0.15) is 0 Å². The maximum atomic E-state index is 3.89. The second-order valence-corrected chi connectivity index (χ2v) is 5.83. The minimum absolute atomic E-state index is 0.373. The second-order valence-electron chi connectivity index (χ2n) is 5.83. The van der Waals surface area contributed by atoms with Gasteiger partial charge in [-0.1, -0.05) is 37.1 Å². The molecule has 0 amide bonds. The van der Waals surface area contributed by atoms with Crippen molar-refractivity contribution >= 4 is 0 Å². The fraction of sp³-hybridized carbons (Fsp3) is 0.600. The molecule has 2 aliphatic carbocycles. The fourth-order valence-corrected chi connectivity index (χ4v) is 4.57. The van der Waals surface area contributed by atoms with Crippen molar-refractivity contribution in [2.24, 2.45) is 11.8 Å². The first-order chi connectivity index (χ1) is 7.90. The molecule has 0 unspecified atom stereocenters. The molecular weight excluding hydrogens is 194 g/mol. The average Bonchev–Trinajstić information content (AvgIpc) is 2.63. The molecule has 1 aromatic carbocycles. The number of nitrogens with one attached hydrogen (secondary N) is 1. The molecule has 0 spiro atoms. The molecule has 1 saturated heterocycles. The van der Waals surface area contributed by atoms with Gasteiger partial charge < -0.3 is 5.32 Å². The summed E-state index contributed by atoms with van der Waals surface area (Å²) in [7, 11) is 0. The van der Waals surface area contributed by atoms with E-state index in [2.05, 4.69) is 29.6 Å². The van der Waals surface area contributed by atoms with Gasteiger partial charge in [-0.25, -0.2) is 0 Å². The number of hydrogen-bond acceptors (Lipinski definition) is 1. The molecule has 1 nitrogen and oxygen atoms in total. The van der Waals surface area contributed by atoms with E-state index in [4.69, 9.17) is 0 Å². The van der Waals surface area contributed by atoms with E-state index in [1.165, 1.54) is 38.6 Å². The predicted octanol–water partition coefficient (Wildman–Crippen LogP) is 2.85. The monoisotopic (exact) mass is 213 g/mol. The van der Waals surface area contributed by atoms with E-state index in [9.17, 15) is 0 Å². The fourth-order valence-electron chi connectivity index (χ4n) is 4.57. The summed E-state index contributed by atoms with van der Waals surface area (Å²) in [5.74, 6) is 1.84. The van der Waals surface area contributed by atoms with Gasteiger partial charge in [-0.05, 0) is 48.8 Å². The van der Waals surface area contributed by atoms with Crippen LogP contribution in [0.5, 0.6) is 0 Å². The van der Waals surface area contributed by atoms with Crippen LogP contribution in [0.15, 0.2) is 24.3 Å². The Balaban J connectivity index is 1.92. The third-order valence-corrected chi connectivity index (χ3v) is 5.20. The van der Waals surface area contributed by atoms with Gasteiger partial charge in [0.05, 0.1) is 0 Å². The van der Waals surface area contributed by atoms with Gasteiger partial charge in [0.25, 0.3) is 0 Å². The Hall–Kier alpha value is -0.820. The van der Waals surface area contributed by atoms with Crippen LogP contribution in [0.1, 0.15) is 36.8 Å². The number of fused-ring (bicyclic) bond motifs is 1. The maximum absolute atomic E-state index is 3.89. The van der Waals surface area contributed by atoms with E-state index in [0.717, 1.165) is 11.8 Å². The van der Waals surface area contributed by atoms with Crippen LogP contribution in [0.3, 0.4) is 0 Å². The van der Waals surface area contributed by atoms with Crippen LogP contribution in [0.25, 0.3) is 0 Å². The first kappa shape index (κ1) is 9.23. The highest BCUT2D eigenvalue weighted by atomic mass is 15.0. The van der Waals surface area contributed by atoms with Gasteiger partial charge >= 0.3 is 0 Å². The first-order valence-corrected chi connectivity index (χ1v) is 6.73. The maximum Gasteiger partial charge on any atom is 0.0469 e. The van der Waals surface area contributed by atoms with Gasteiger partial charge in [0.15, 0.2) is 0 Å². The van der Waals surface area contributed by atoms with Crippen molar-refractivity contribution in [1.82, 2.24) is 5.32 Å². The number of rotatable bonds is 0. The van der Waals surface area contributed by atoms with Crippen LogP contribution in [0, 0.1) is 11.8 Å². The summed E-state index contributed by atoms with van der Waals surface area (Å²) in [6.45, 7) is 1.25. The first-order valence-electron chi connectivity index (χ1n) is 6.73. The Kier molecular flexibility index (Phi) is 1.79. The summed E-state index contributed by atoms with van der Waals surface area (Å²) in [6, 6.07) is 9.15. The Morgan fingerprint density at radius 2 is 2.12 bits per heavy atom. The lowest BCUT2D eigenvalue weighted by Gasteiger charge is -2.45. The second kappa shape index (κ2) is 3.10. The van der Waals surface area contributed by atoms with Gasteiger partial charge in [0.2, 0.25) is 0 Å². The van der Waals surface area contributed by atoms with Gasteiger partial charge in [-0.3, -0.25) is 0 Å². The minimum atomic E-state index is 0.373. The summed E-state index contributed by atoms with van der Waals surface area (Å²) in [5, 5.41) is 3.89. The molecule has 1 saturated carbocycles. The van der Waals surface area contributed by atoms with Crippen molar-refractivity contribution in [3.8, 4) is 0 Å². The minimum Gasteiger partial charge on any atom is -0.307 e. The van der Waals surface area contributed by atoms with Crippen LogP contribution in [0.2, 0.25) is 0 Å². The van der Waals surface area contributed by atoms with Crippen molar-refractivity contribution in [2.45, 2.75) is 37.6 Å². The molecule has 2 bridgehead atoms. The predicted molar refractivity (Wildman–Crippen MR) is 65.3 cm³/mol. The van der Waals surface area contributed by atoms with Crippen molar-refractivity contribution < 1.29 is 0 Å². The zero-order valence-electron chi connectivity index (χ0n) is 9.71. The van der Waals surface area contributed by atoms with E-state index >= 15 is 0 Å². The molecule has 0 radical (unpaired) electrons.